The zero-order valence-electron chi connectivity index (χ0n) is 7.64. The zero-order chi connectivity index (χ0) is 9.26. The van der Waals surface area contributed by atoms with E-state index in [0.717, 1.165) is 18.9 Å². The summed E-state index contributed by atoms with van der Waals surface area (Å²) in [6, 6.07) is 0.285. The molecule has 0 radical (unpaired) electrons. The molecule has 1 atom stereocenters. The second kappa shape index (κ2) is 3.19. The Hall–Kier alpha value is -1.34. The highest BCUT2D eigenvalue weighted by Crippen LogP contribution is 2.21. The summed E-state index contributed by atoms with van der Waals surface area (Å²) in [6.45, 7) is 4.72. The largest absolute Gasteiger partial charge is 0.315 e. The van der Waals surface area contributed by atoms with E-state index in [2.05, 4.69) is 32.5 Å². The molecular weight excluding hydrogens is 164 g/mol. The van der Waals surface area contributed by atoms with Gasteiger partial charge in [0.25, 0.3) is 0 Å². The van der Waals surface area contributed by atoms with E-state index in [9.17, 15) is 0 Å². The third kappa shape index (κ3) is 1.31. The van der Waals surface area contributed by atoms with Crippen LogP contribution in [0.25, 0.3) is 0 Å². The number of terminal acetylenes is 1. The topological polar surface area (TPSA) is 34.0 Å². The third-order valence-corrected chi connectivity index (χ3v) is 2.49. The fourth-order valence-electron chi connectivity index (χ4n) is 1.69. The molecule has 0 aliphatic carbocycles. The van der Waals surface area contributed by atoms with Crippen molar-refractivity contribution in [1.29, 1.82) is 0 Å². The van der Waals surface area contributed by atoms with Crippen molar-refractivity contribution in [3.8, 4) is 12.3 Å². The molecular formula is C9H12N4. The second-order valence-corrected chi connectivity index (χ2v) is 3.23. The fourth-order valence-corrected chi connectivity index (χ4v) is 1.69. The number of rotatable bonds is 1. The molecule has 0 bridgehead atoms. The number of hydrogen-bond donors (Lipinski definition) is 0. The van der Waals surface area contributed by atoms with Crippen LogP contribution in [0, 0.1) is 12.3 Å². The molecule has 2 heterocycles. The summed E-state index contributed by atoms with van der Waals surface area (Å²) in [5, 5.41) is 7.96. The van der Waals surface area contributed by atoms with E-state index >= 15 is 0 Å². The fraction of sp³-hybridized carbons (Fsp3) is 0.556. The van der Waals surface area contributed by atoms with E-state index in [1.54, 1.807) is 6.33 Å². The summed E-state index contributed by atoms with van der Waals surface area (Å²) in [6.07, 6.45) is 7.06. The molecule has 68 valence electrons. The maximum atomic E-state index is 5.28. The van der Waals surface area contributed by atoms with Crippen molar-refractivity contribution in [3.63, 3.8) is 0 Å². The molecule has 4 nitrogen and oxygen atoms in total. The number of fused-ring (bicyclic) bond motifs is 1. The van der Waals surface area contributed by atoms with Crippen molar-refractivity contribution in [3.05, 3.63) is 12.2 Å². The Morgan fingerprint density at radius 1 is 1.69 bits per heavy atom. The number of hydrogen-bond acceptors (Lipinski definition) is 3. The lowest BCUT2D eigenvalue weighted by molar-refractivity contribution is 0.186. The Morgan fingerprint density at radius 3 is 3.31 bits per heavy atom. The van der Waals surface area contributed by atoms with Crippen LogP contribution in [0.15, 0.2) is 6.33 Å². The lowest BCUT2D eigenvalue weighted by Gasteiger charge is -2.31. The first kappa shape index (κ1) is 8.27. The molecule has 1 aromatic rings. The Labute approximate surface area is 77.6 Å². The quantitative estimate of drug-likeness (QED) is 0.577. The van der Waals surface area contributed by atoms with Crippen LogP contribution in [0.1, 0.15) is 18.8 Å². The van der Waals surface area contributed by atoms with Crippen LogP contribution in [0.2, 0.25) is 0 Å². The van der Waals surface area contributed by atoms with Gasteiger partial charge >= 0.3 is 0 Å². The van der Waals surface area contributed by atoms with Crippen LogP contribution in [-0.4, -0.2) is 32.8 Å². The van der Waals surface area contributed by atoms with Gasteiger partial charge in [-0.05, 0) is 6.92 Å². The van der Waals surface area contributed by atoms with E-state index in [1.807, 2.05) is 0 Å². The highest BCUT2D eigenvalue weighted by atomic mass is 15.3. The van der Waals surface area contributed by atoms with Crippen LogP contribution in [0.5, 0.6) is 0 Å². The van der Waals surface area contributed by atoms with Crippen LogP contribution in [0.3, 0.4) is 0 Å². The van der Waals surface area contributed by atoms with Crippen molar-refractivity contribution in [2.24, 2.45) is 0 Å². The Balaban J connectivity index is 2.23. The summed E-state index contributed by atoms with van der Waals surface area (Å²) in [7, 11) is 0. The zero-order valence-corrected chi connectivity index (χ0v) is 7.64. The molecule has 2 rings (SSSR count). The molecule has 4 heteroatoms. The van der Waals surface area contributed by atoms with Gasteiger partial charge in [-0.25, -0.2) is 0 Å². The molecule has 1 unspecified atom stereocenters. The average Bonchev–Trinajstić information content (AvgIpc) is 2.58. The number of aromatic nitrogens is 3. The highest BCUT2D eigenvalue weighted by Gasteiger charge is 2.24. The van der Waals surface area contributed by atoms with E-state index in [0.29, 0.717) is 6.54 Å². The molecule has 0 N–H and O–H groups in total. The van der Waals surface area contributed by atoms with Crippen molar-refractivity contribution in [1.82, 2.24) is 19.7 Å². The Morgan fingerprint density at radius 2 is 2.54 bits per heavy atom. The van der Waals surface area contributed by atoms with Gasteiger partial charge in [0.2, 0.25) is 0 Å². The normalized spacial score (nSPS) is 22.3. The minimum Gasteiger partial charge on any atom is -0.315 e. The summed E-state index contributed by atoms with van der Waals surface area (Å²) < 4.78 is 2.08. The molecule has 0 aromatic carbocycles. The van der Waals surface area contributed by atoms with Crippen molar-refractivity contribution in [2.75, 3.05) is 13.1 Å². The molecule has 13 heavy (non-hydrogen) atoms. The van der Waals surface area contributed by atoms with E-state index in [4.69, 9.17) is 6.42 Å². The van der Waals surface area contributed by atoms with Crippen molar-refractivity contribution in [2.45, 2.75) is 19.5 Å². The molecule has 0 saturated carbocycles. The SMILES string of the molecule is C#CCN1CCn2cnnc2C1C. The summed E-state index contributed by atoms with van der Waals surface area (Å²) in [4.78, 5) is 2.23. The summed E-state index contributed by atoms with van der Waals surface area (Å²) in [5.41, 5.74) is 0. The second-order valence-electron chi connectivity index (χ2n) is 3.23. The maximum absolute atomic E-state index is 5.28. The van der Waals surface area contributed by atoms with Gasteiger partial charge in [-0.3, -0.25) is 4.90 Å². The lowest BCUT2D eigenvalue weighted by atomic mass is 10.2. The molecule has 0 amide bonds. The van der Waals surface area contributed by atoms with Gasteiger partial charge in [0.15, 0.2) is 0 Å². The van der Waals surface area contributed by atoms with Gasteiger partial charge in [0.1, 0.15) is 12.2 Å². The van der Waals surface area contributed by atoms with Crippen molar-refractivity contribution >= 4 is 0 Å². The standard InChI is InChI=1S/C9H12N4/c1-3-4-12-5-6-13-7-10-11-9(13)8(12)2/h1,7-8H,4-6H2,2H3. The Bertz CT molecular complexity index is 336. The van der Waals surface area contributed by atoms with Gasteiger partial charge in [0.05, 0.1) is 12.6 Å². The third-order valence-electron chi connectivity index (χ3n) is 2.49. The van der Waals surface area contributed by atoms with Crippen LogP contribution >= 0.6 is 0 Å². The van der Waals surface area contributed by atoms with Gasteiger partial charge < -0.3 is 4.57 Å². The van der Waals surface area contributed by atoms with E-state index in [1.165, 1.54) is 0 Å². The van der Waals surface area contributed by atoms with Crippen LogP contribution in [-0.2, 0) is 6.54 Å². The molecule has 0 fully saturated rings. The first-order valence-corrected chi connectivity index (χ1v) is 4.38. The minimum atomic E-state index is 0.285. The van der Waals surface area contributed by atoms with Gasteiger partial charge in [-0.1, -0.05) is 5.92 Å². The molecule has 1 aliphatic rings. The van der Waals surface area contributed by atoms with E-state index < -0.39 is 0 Å². The Kier molecular flexibility index (Phi) is 2.03. The maximum Gasteiger partial charge on any atom is 0.149 e. The number of nitrogens with zero attached hydrogens (tertiary/aromatic N) is 4. The predicted molar refractivity (Wildman–Crippen MR) is 48.8 cm³/mol. The molecule has 1 aromatic heterocycles. The minimum absolute atomic E-state index is 0.285. The molecule has 0 spiro atoms. The van der Waals surface area contributed by atoms with Gasteiger partial charge in [-0.15, -0.1) is 16.6 Å². The first-order chi connectivity index (χ1) is 6.33. The van der Waals surface area contributed by atoms with Crippen LogP contribution < -0.4 is 0 Å². The average molecular weight is 176 g/mol. The summed E-state index contributed by atoms with van der Waals surface area (Å²) >= 11 is 0. The first-order valence-electron chi connectivity index (χ1n) is 4.38. The van der Waals surface area contributed by atoms with Crippen molar-refractivity contribution < 1.29 is 0 Å². The van der Waals surface area contributed by atoms with E-state index in [-0.39, 0.29) is 6.04 Å². The molecule has 1 aliphatic heterocycles. The van der Waals surface area contributed by atoms with Gasteiger partial charge in [0, 0.05) is 13.1 Å². The molecule has 0 saturated heterocycles. The predicted octanol–water partition coefficient (Wildman–Crippen LogP) is 0.288. The monoisotopic (exact) mass is 176 g/mol. The lowest BCUT2D eigenvalue weighted by Crippen LogP contribution is -2.37. The smallest absolute Gasteiger partial charge is 0.149 e. The summed E-state index contributed by atoms with van der Waals surface area (Å²) in [5.74, 6) is 3.67. The highest BCUT2D eigenvalue weighted by molar-refractivity contribution is 5.01. The van der Waals surface area contributed by atoms with Crippen LogP contribution in [0.4, 0.5) is 0 Å². The van der Waals surface area contributed by atoms with Gasteiger partial charge in [-0.2, -0.15) is 0 Å².